The molecule has 1 aromatic heterocycles. The molecule has 0 aliphatic carbocycles. The van der Waals surface area contributed by atoms with E-state index in [1.54, 1.807) is 12.3 Å². The second kappa shape index (κ2) is 3.73. The van der Waals surface area contributed by atoms with Gasteiger partial charge in [-0.3, -0.25) is 4.79 Å². The fraction of sp³-hybridized carbons (Fsp3) is 0.286. The molecule has 0 aromatic carbocycles. The topological polar surface area (TPSA) is 79.1 Å². The van der Waals surface area contributed by atoms with Crippen LogP contribution in [0.1, 0.15) is 18.2 Å². The zero-order valence-corrected chi connectivity index (χ0v) is 7.84. The van der Waals surface area contributed by atoms with E-state index in [9.17, 15) is 4.79 Å². The van der Waals surface area contributed by atoms with Crippen LogP contribution in [0.5, 0.6) is 0 Å². The molecule has 0 radical (unpaired) electrons. The lowest BCUT2D eigenvalue weighted by molar-refractivity contribution is -0.137. The van der Waals surface area contributed by atoms with Crippen molar-refractivity contribution in [3.8, 4) is 0 Å². The van der Waals surface area contributed by atoms with Gasteiger partial charge >= 0.3 is 5.97 Å². The van der Waals surface area contributed by atoms with E-state index in [4.69, 9.17) is 10.8 Å². The highest BCUT2D eigenvalue weighted by atomic mass is 79.9. The molecule has 1 atom stereocenters. The summed E-state index contributed by atoms with van der Waals surface area (Å²) in [5.41, 5.74) is 6.32. The van der Waals surface area contributed by atoms with E-state index in [-0.39, 0.29) is 6.42 Å². The van der Waals surface area contributed by atoms with Gasteiger partial charge in [0, 0.05) is 16.4 Å². The Hall–Kier alpha value is -0.810. The van der Waals surface area contributed by atoms with Crippen LogP contribution in [-0.4, -0.2) is 16.1 Å². The number of halogens is 1. The van der Waals surface area contributed by atoms with Crippen molar-refractivity contribution < 1.29 is 9.90 Å². The van der Waals surface area contributed by atoms with Crippen LogP contribution in [0, 0.1) is 0 Å². The molecule has 66 valence electrons. The highest BCUT2D eigenvalue weighted by Crippen LogP contribution is 2.21. The molecular formula is C7H9BrN2O2. The lowest BCUT2D eigenvalue weighted by Crippen LogP contribution is -2.15. The van der Waals surface area contributed by atoms with Crippen LogP contribution < -0.4 is 5.73 Å². The van der Waals surface area contributed by atoms with E-state index in [0.717, 1.165) is 10.2 Å². The van der Waals surface area contributed by atoms with Gasteiger partial charge in [0.05, 0.1) is 12.5 Å². The molecule has 5 heteroatoms. The second-order valence-electron chi connectivity index (χ2n) is 2.44. The summed E-state index contributed by atoms with van der Waals surface area (Å²) in [7, 11) is 0. The fourth-order valence-corrected chi connectivity index (χ4v) is 1.48. The Morgan fingerprint density at radius 3 is 2.92 bits per heavy atom. The van der Waals surface area contributed by atoms with Crippen molar-refractivity contribution in [1.82, 2.24) is 4.98 Å². The number of rotatable bonds is 3. The second-order valence-corrected chi connectivity index (χ2v) is 3.30. The van der Waals surface area contributed by atoms with Gasteiger partial charge in [-0.25, -0.2) is 0 Å². The third-order valence-corrected chi connectivity index (χ3v) is 2.18. The summed E-state index contributed by atoms with van der Waals surface area (Å²) in [4.78, 5) is 13.2. The van der Waals surface area contributed by atoms with Gasteiger partial charge in [0.15, 0.2) is 0 Å². The summed E-state index contributed by atoms with van der Waals surface area (Å²) in [5.74, 6) is -0.899. The van der Waals surface area contributed by atoms with Gasteiger partial charge in [-0.2, -0.15) is 0 Å². The van der Waals surface area contributed by atoms with Crippen LogP contribution in [0.25, 0.3) is 0 Å². The summed E-state index contributed by atoms with van der Waals surface area (Å²) in [5, 5.41) is 8.46. The van der Waals surface area contributed by atoms with Crippen molar-refractivity contribution in [2.45, 2.75) is 12.5 Å². The normalized spacial score (nSPS) is 12.8. The number of hydrogen-bond donors (Lipinski definition) is 3. The Balaban J connectivity index is 2.71. The first-order valence-electron chi connectivity index (χ1n) is 3.41. The lowest BCUT2D eigenvalue weighted by atomic mass is 10.1. The maximum atomic E-state index is 10.3. The molecule has 0 bridgehead atoms. The molecule has 1 unspecified atom stereocenters. The van der Waals surface area contributed by atoms with E-state index in [0.29, 0.717) is 0 Å². The monoisotopic (exact) mass is 232 g/mol. The van der Waals surface area contributed by atoms with Crippen LogP contribution in [0.4, 0.5) is 0 Å². The zero-order valence-electron chi connectivity index (χ0n) is 6.25. The first kappa shape index (κ1) is 9.28. The highest BCUT2D eigenvalue weighted by Gasteiger charge is 2.13. The molecule has 0 amide bonds. The Labute approximate surface area is 77.9 Å². The zero-order chi connectivity index (χ0) is 9.14. The van der Waals surface area contributed by atoms with Gasteiger partial charge in [0.2, 0.25) is 0 Å². The highest BCUT2D eigenvalue weighted by molar-refractivity contribution is 9.10. The third-order valence-electron chi connectivity index (χ3n) is 1.49. The van der Waals surface area contributed by atoms with Crippen molar-refractivity contribution >= 4 is 21.9 Å². The van der Waals surface area contributed by atoms with E-state index >= 15 is 0 Å². The van der Waals surface area contributed by atoms with Gasteiger partial charge < -0.3 is 15.8 Å². The summed E-state index contributed by atoms with van der Waals surface area (Å²) < 4.78 is 0.816. The Morgan fingerprint density at radius 2 is 2.50 bits per heavy atom. The van der Waals surface area contributed by atoms with Crippen molar-refractivity contribution in [3.63, 3.8) is 0 Å². The Kier molecular flexibility index (Phi) is 2.88. The van der Waals surface area contributed by atoms with E-state index < -0.39 is 12.0 Å². The predicted molar refractivity (Wildman–Crippen MR) is 47.7 cm³/mol. The molecule has 0 aliphatic heterocycles. The first-order chi connectivity index (χ1) is 5.61. The number of hydrogen-bond acceptors (Lipinski definition) is 2. The summed E-state index contributed by atoms with van der Waals surface area (Å²) in [6.07, 6.45) is 1.64. The van der Waals surface area contributed by atoms with Crippen LogP contribution in [0.3, 0.4) is 0 Å². The molecule has 0 saturated heterocycles. The molecular weight excluding hydrogens is 224 g/mol. The van der Waals surface area contributed by atoms with Crippen LogP contribution >= 0.6 is 15.9 Å². The van der Waals surface area contributed by atoms with Crippen molar-refractivity contribution in [1.29, 1.82) is 0 Å². The van der Waals surface area contributed by atoms with Gasteiger partial charge in [-0.15, -0.1) is 0 Å². The number of carbonyl (C=O) groups is 1. The van der Waals surface area contributed by atoms with Gasteiger partial charge in [-0.1, -0.05) is 0 Å². The molecule has 12 heavy (non-hydrogen) atoms. The number of nitrogens with one attached hydrogen (secondary N) is 1. The molecule has 0 aliphatic rings. The standard InChI is InChI=1S/C7H9BrN2O2/c8-4-1-2-10-7(4)5(9)3-6(11)12/h1-2,5,10H,3,9H2,(H,11,12). The maximum Gasteiger partial charge on any atom is 0.305 e. The molecule has 4 N–H and O–H groups in total. The number of aromatic nitrogens is 1. The first-order valence-corrected chi connectivity index (χ1v) is 4.20. The number of aromatic amines is 1. The average molecular weight is 233 g/mol. The van der Waals surface area contributed by atoms with Gasteiger partial charge in [0.25, 0.3) is 0 Å². The smallest absolute Gasteiger partial charge is 0.305 e. The van der Waals surface area contributed by atoms with E-state index in [2.05, 4.69) is 20.9 Å². The van der Waals surface area contributed by atoms with Gasteiger partial charge in [-0.05, 0) is 22.0 Å². The third kappa shape index (κ3) is 2.09. The molecule has 1 aromatic rings. The number of H-pyrrole nitrogens is 1. The molecule has 0 fully saturated rings. The summed E-state index contributed by atoms with van der Waals surface area (Å²) in [6.45, 7) is 0. The fourth-order valence-electron chi connectivity index (χ4n) is 0.938. The molecule has 1 rings (SSSR count). The molecule has 1 heterocycles. The summed E-state index contributed by atoms with van der Waals surface area (Å²) in [6, 6.07) is 1.31. The quantitative estimate of drug-likeness (QED) is 0.735. The lowest BCUT2D eigenvalue weighted by Gasteiger charge is -2.06. The Morgan fingerprint density at radius 1 is 1.83 bits per heavy atom. The minimum Gasteiger partial charge on any atom is -0.481 e. The maximum absolute atomic E-state index is 10.3. The van der Waals surface area contributed by atoms with Crippen LogP contribution in [0.2, 0.25) is 0 Å². The van der Waals surface area contributed by atoms with Gasteiger partial charge in [0.1, 0.15) is 0 Å². The number of aliphatic carboxylic acids is 1. The minimum atomic E-state index is -0.899. The van der Waals surface area contributed by atoms with Crippen molar-refractivity contribution in [3.05, 3.63) is 22.4 Å². The largest absolute Gasteiger partial charge is 0.481 e. The van der Waals surface area contributed by atoms with Crippen molar-refractivity contribution in [2.24, 2.45) is 5.73 Å². The van der Waals surface area contributed by atoms with E-state index in [1.165, 1.54) is 0 Å². The number of carboxylic acid groups (broad SMARTS) is 1. The van der Waals surface area contributed by atoms with E-state index in [1.807, 2.05) is 0 Å². The SMILES string of the molecule is NC(CC(=O)O)c1[nH]ccc1Br. The Bertz CT molecular complexity index is 285. The van der Waals surface area contributed by atoms with Crippen LogP contribution in [-0.2, 0) is 4.79 Å². The van der Waals surface area contributed by atoms with Crippen molar-refractivity contribution in [2.75, 3.05) is 0 Å². The number of carboxylic acids is 1. The number of nitrogens with two attached hydrogens (primary N) is 1. The molecule has 4 nitrogen and oxygen atoms in total. The predicted octanol–water partition coefficient (Wildman–Crippen LogP) is 1.25. The average Bonchev–Trinajstić information content (AvgIpc) is 2.33. The van der Waals surface area contributed by atoms with Crippen LogP contribution in [0.15, 0.2) is 16.7 Å². The minimum absolute atomic E-state index is 0.0703. The molecule has 0 saturated carbocycles. The summed E-state index contributed by atoms with van der Waals surface area (Å²) >= 11 is 3.25. The molecule has 0 spiro atoms.